The summed E-state index contributed by atoms with van der Waals surface area (Å²) in [5, 5.41) is 9.61. The molecule has 0 bridgehead atoms. The van der Waals surface area contributed by atoms with Gasteiger partial charge < -0.3 is 14.7 Å². The molecule has 2 aromatic carbocycles. The number of nitrogens with zero attached hydrogens (tertiary/aromatic N) is 1. The Kier molecular flexibility index (Phi) is 5.46. The molecule has 1 N–H and O–H groups in total. The summed E-state index contributed by atoms with van der Waals surface area (Å²) in [5.74, 6) is -2.25. The number of hydrogen-bond donors (Lipinski definition) is 1. The van der Waals surface area contributed by atoms with Gasteiger partial charge in [-0.05, 0) is 40.8 Å². The maximum atomic E-state index is 12.7. The van der Waals surface area contributed by atoms with Crippen LogP contribution in [0.15, 0.2) is 42.5 Å². The van der Waals surface area contributed by atoms with Gasteiger partial charge in [0.2, 0.25) is 5.91 Å². The highest BCUT2D eigenvalue weighted by molar-refractivity contribution is 6.01. The summed E-state index contributed by atoms with van der Waals surface area (Å²) in [6.45, 7) is 6.67. The van der Waals surface area contributed by atoms with Crippen LogP contribution >= 0.6 is 0 Å². The number of anilines is 1. The largest absolute Gasteiger partial charge is 0.478 e. The van der Waals surface area contributed by atoms with Gasteiger partial charge in [0.1, 0.15) is 0 Å². The highest BCUT2D eigenvalue weighted by atomic mass is 16.5. The summed E-state index contributed by atoms with van der Waals surface area (Å²) < 4.78 is 4.82. The van der Waals surface area contributed by atoms with Crippen LogP contribution < -0.4 is 4.90 Å². The Balaban J connectivity index is 1.97. The van der Waals surface area contributed by atoms with E-state index in [9.17, 15) is 19.5 Å². The topological polar surface area (TPSA) is 83.9 Å². The lowest BCUT2D eigenvalue weighted by atomic mass is 9.87. The molecule has 1 heterocycles. The van der Waals surface area contributed by atoms with Gasteiger partial charge >= 0.3 is 11.9 Å². The third-order valence-electron chi connectivity index (χ3n) is 5.32. The monoisotopic (exact) mass is 395 g/mol. The number of rotatable bonds is 4. The molecule has 1 aliphatic heterocycles. The molecule has 1 saturated heterocycles. The van der Waals surface area contributed by atoms with Crippen molar-refractivity contribution in [3.05, 3.63) is 64.7 Å². The first-order chi connectivity index (χ1) is 13.6. The Labute approximate surface area is 170 Å². The number of esters is 1. The molecule has 0 radical (unpaired) electrons. The van der Waals surface area contributed by atoms with Crippen molar-refractivity contribution in [1.82, 2.24) is 0 Å². The predicted molar refractivity (Wildman–Crippen MR) is 110 cm³/mol. The maximum absolute atomic E-state index is 12.7. The summed E-state index contributed by atoms with van der Waals surface area (Å²) in [4.78, 5) is 38.4. The minimum absolute atomic E-state index is 0.00588. The molecule has 0 saturated carbocycles. The van der Waals surface area contributed by atoms with Crippen LogP contribution in [-0.4, -0.2) is 36.6 Å². The second-order valence-electron chi connectivity index (χ2n) is 8.27. The highest BCUT2D eigenvalue weighted by Gasteiger charge is 2.36. The van der Waals surface area contributed by atoms with E-state index in [0.717, 1.165) is 11.3 Å². The van der Waals surface area contributed by atoms with E-state index in [1.54, 1.807) is 11.0 Å². The number of ether oxygens (including phenoxy) is 1. The predicted octanol–water partition coefficient (Wildman–Crippen LogP) is 3.99. The van der Waals surface area contributed by atoms with Crippen LogP contribution in [-0.2, 0) is 14.9 Å². The van der Waals surface area contributed by atoms with Crippen LogP contribution in [0.4, 0.5) is 5.69 Å². The van der Waals surface area contributed by atoms with Gasteiger partial charge in [0.05, 0.1) is 18.2 Å². The summed E-state index contributed by atoms with van der Waals surface area (Å²) in [6, 6.07) is 12.3. The number of aromatic carboxylic acids is 1. The van der Waals surface area contributed by atoms with Crippen molar-refractivity contribution in [2.45, 2.75) is 38.5 Å². The van der Waals surface area contributed by atoms with Crippen LogP contribution in [0.2, 0.25) is 0 Å². The van der Waals surface area contributed by atoms with Crippen molar-refractivity contribution >= 4 is 23.5 Å². The summed E-state index contributed by atoms with van der Waals surface area (Å²) >= 11 is 0. The minimum Gasteiger partial charge on any atom is -0.478 e. The van der Waals surface area contributed by atoms with Gasteiger partial charge in [0, 0.05) is 24.6 Å². The number of benzene rings is 2. The smallest absolute Gasteiger partial charge is 0.338 e. The number of carboxylic acids is 1. The van der Waals surface area contributed by atoms with Gasteiger partial charge in [0.25, 0.3) is 0 Å². The fourth-order valence-corrected chi connectivity index (χ4v) is 3.77. The van der Waals surface area contributed by atoms with Gasteiger partial charge in [-0.3, -0.25) is 4.79 Å². The van der Waals surface area contributed by atoms with Crippen LogP contribution in [0.1, 0.15) is 65.0 Å². The summed E-state index contributed by atoms with van der Waals surface area (Å²) in [5.41, 5.74) is 2.50. The zero-order chi connectivity index (χ0) is 21.3. The van der Waals surface area contributed by atoms with Crippen molar-refractivity contribution < 1.29 is 24.2 Å². The molecule has 0 unspecified atom stereocenters. The molecule has 6 heteroatoms. The van der Waals surface area contributed by atoms with E-state index in [-0.39, 0.29) is 28.9 Å². The van der Waals surface area contributed by atoms with Crippen molar-refractivity contribution in [3.8, 4) is 0 Å². The van der Waals surface area contributed by atoms with Crippen LogP contribution in [0.25, 0.3) is 0 Å². The second-order valence-corrected chi connectivity index (χ2v) is 8.27. The van der Waals surface area contributed by atoms with E-state index in [2.05, 4.69) is 20.8 Å². The minimum atomic E-state index is -1.13. The number of amides is 1. The fourth-order valence-electron chi connectivity index (χ4n) is 3.77. The molecule has 0 spiro atoms. The van der Waals surface area contributed by atoms with E-state index in [4.69, 9.17) is 4.74 Å². The SMILES string of the molecule is COC(=O)c1cccc(C(=O)O)c1[C@@H]1CC(=O)N(c2ccc(C(C)(C)C)cc2)C1. The number of carbonyl (C=O) groups excluding carboxylic acids is 2. The molecule has 3 rings (SSSR count). The Bertz CT molecular complexity index is 956. The van der Waals surface area contributed by atoms with Gasteiger partial charge in [-0.15, -0.1) is 0 Å². The normalized spacial score (nSPS) is 16.8. The molecule has 1 fully saturated rings. The second kappa shape index (κ2) is 7.70. The molecular formula is C23H25NO5. The first kappa shape index (κ1) is 20.6. The molecule has 0 aromatic heterocycles. The van der Waals surface area contributed by atoms with Gasteiger partial charge in [-0.2, -0.15) is 0 Å². The van der Waals surface area contributed by atoms with E-state index in [0.29, 0.717) is 12.1 Å². The van der Waals surface area contributed by atoms with Crippen molar-refractivity contribution in [2.75, 3.05) is 18.6 Å². The van der Waals surface area contributed by atoms with Crippen LogP contribution in [0.5, 0.6) is 0 Å². The quantitative estimate of drug-likeness (QED) is 0.792. The standard InChI is InChI=1S/C23H25NO5/c1-23(2,3)15-8-10-16(11-9-15)24-13-14(12-19(24)25)20-17(21(26)27)6-5-7-18(20)22(28)29-4/h5-11,14H,12-13H2,1-4H3,(H,26,27)/t14-/m1/s1. The average Bonchev–Trinajstić information content (AvgIpc) is 3.07. The maximum Gasteiger partial charge on any atom is 0.338 e. The Hall–Kier alpha value is -3.15. The molecule has 2 aromatic rings. The number of methoxy groups -OCH3 is 1. The first-order valence-electron chi connectivity index (χ1n) is 9.49. The van der Waals surface area contributed by atoms with E-state index in [1.165, 1.54) is 19.2 Å². The lowest BCUT2D eigenvalue weighted by molar-refractivity contribution is -0.117. The average molecular weight is 395 g/mol. The van der Waals surface area contributed by atoms with Gasteiger partial charge in [-0.1, -0.05) is 39.0 Å². The molecule has 1 amide bonds. The van der Waals surface area contributed by atoms with E-state index in [1.807, 2.05) is 24.3 Å². The van der Waals surface area contributed by atoms with Crippen LogP contribution in [0.3, 0.4) is 0 Å². The molecule has 6 nitrogen and oxygen atoms in total. The Morgan fingerprint density at radius 1 is 1.07 bits per heavy atom. The molecule has 1 atom stereocenters. The highest BCUT2D eigenvalue weighted by Crippen LogP contribution is 2.36. The number of carbonyl (C=O) groups is 3. The third kappa shape index (κ3) is 4.01. The first-order valence-corrected chi connectivity index (χ1v) is 9.49. The third-order valence-corrected chi connectivity index (χ3v) is 5.32. The van der Waals surface area contributed by atoms with E-state index >= 15 is 0 Å². The molecular weight excluding hydrogens is 370 g/mol. The molecule has 29 heavy (non-hydrogen) atoms. The summed E-state index contributed by atoms with van der Waals surface area (Å²) in [6.07, 6.45) is 0.134. The number of carboxylic acid groups (broad SMARTS) is 1. The van der Waals surface area contributed by atoms with Crippen LogP contribution in [0, 0.1) is 0 Å². The Morgan fingerprint density at radius 3 is 2.24 bits per heavy atom. The van der Waals surface area contributed by atoms with Crippen molar-refractivity contribution in [1.29, 1.82) is 0 Å². The zero-order valence-corrected chi connectivity index (χ0v) is 17.1. The summed E-state index contributed by atoms with van der Waals surface area (Å²) in [7, 11) is 1.25. The van der Waals surface area contributed by atoms with Crippen molar-refractivity contribution in [3.63, 3.8) is 0 Å². The van der Waals surface area contributed by atoms with Gasteiger partial charge in [0.15, 0.2) is 0 Å². The lowest BCUT2D eigenvalue weighted by Crippen LogP contribution is -2.25. The Morgan fingerprint density at radius 2 is 1.69 bits per heavy atom. The number of hydrogen-bond acceptors (Lipinski definition) is 4. The molecule has 0 aliphatic carbocycles. The molecule has 1 aliphatic rings. The van der Waals surface area contributed by atoms with E-state index < -0.39 is 17.9 Å². The van der Waals surface area contributed by atoms with Crippen molar-refractivity contribution in [2.24, 2.45) is 0 Å². The zero-order valence-electron chi connectivity index (χ0n) is 17.1. The molecule has 152 valence electrons. The fraction of sp³-hybridized carbons (Fsp3) is 0.348. The lowest BCUT2D eigenvalue weighted by Gasteiger charge is -2.22. The van der Waals surface area contributed by atoms with Gasteiger partial charge in [-0.25, -0.2) is 9.59 Å².